The molecule has 0 radical (unpaired) electrons. The molecule has 28 heavy (non-hydrogen) atoms. The molecular formula is C21H21ClN2O4. The number of rotatable bonds is 6. The molecule has 146 valence electrons. The molecule has 0 aromatic heterocycles. The lowest BCUT2D eigenvalue weighted by atomic mass is 10.0. The van der Waals surface area contributed by atoms with E-state index in [9.17, 15) is 14.4 Å². The van der Waals surface area contributed by atoms with Crippen molar-refractivity contribution >= 4 is 29.2 Å². The van der Waals surface area contributed by atoms with Gasteiger partial charge in [-0.3, -0.25) is 14.4 Å². The van der Waals surface area contributed by atoms with Gasteiger partial charge in [0.2, 0.25) is 11.7 Å². The maximum absolute atomic E-state index is 13.0. The number of amides is 2. The summed E-state index contributed by atoms with van der Waals surface area (Å²) in [5.41, 5.74) is 1.12. The van der Waals surface area contributed by atoms with E-state index < -0.39 is 17.7 Å². The Bertz CT molecular complexity index is 833. The number of hydrogen-bond acceptors (Lipinski definition) is 4. The summed E-state index contributed by atoms with van der Waals surface area (Å²) in [6.07, 6.45) is 0.302. The summed E-state index contributed by atoms with van der Waals surface area (Å²) in [6.45, 7) is 1.85. The molecule has 0 saturated carbocycles. The van der Waals surface area contributed by atoms with E-state index in [1.807, 2.05) is 30.3 Å². The van der Waals surface area contributed by atoms with Gasteiger partial charge in [0.05, 0.1) is 13.2 Å². The zero-order chi connectivity index (χ0) is 19.9. The van der Waals surface area contributed by atoms with E-state index >= 15 is 0 Å². The second-order valence-electron chi connectivity index (χ2n) is 6.49. The molecule has 1 fully saturated rings. The molecule has 1 atom stereocenters. The highest BCUT2D eigenvalue weighted by Crippen LogP contribution is 2.12. The zero-order valence-corrected chi connectivity index (χ0v) is 16.0. The van der Waals surface area contributed by atoms with Gasteiger partial charge in [-0.1, -0.05) is 41.9 Å². The first-order valence-electron chi connectivity index (χ1n) is 9.06. The van der Waals surface area contributed by atoms with E-state index in [0.29, 0.717) is 37.7 Å². The third kappa shape index (κ3) is 5.18. The molecule has 2 amide bonds. The molecule has 1 unspecified atom stereocenters. The van der Waals surface area contributed by atoms with Gasteiger partial charge in [0.25, 0.3) is 5.91 Å². The summed E-state index contributed by atoms with van der Waals surface area (Å²) >= 11 is 5.83. The first kappa shape index (κ1) is 20.0. The fourth-order valence-electron chi connectivity index (χ4n) is 3.01. The fraction of sp³-hybridized carbons (Fsp3) is 0.286. The molecule has 1 N–H and O–H groups in total. The van der Waals surface area contributed by atoms with Crippen LogP contribution in [0, 0.1) is 0 Å². The Kier molecular flexibility index (Phi) is 6.79. The molecule has 2 aromatic carbocycles. The third-order valence-electron chi connectivity index (χ3n) is 4.52. The Hall–Kier alpha value is -2.70. The van der Waals surface area contributed by atoms with Gasteiger partial charge in [-0.2, -0.15) is 0 Å². The highest BCUT2D eigenvalue weighted by molar-refractivity contribution is 6.43. The Balaban J connectivity index is 1.75. The first-order valence-corrected chi connectivity index (χ1v) is 9.43. The zero-order valence-electron chi connectivity index (χ0n) is 15.3. The third-order valence-corrected chi connectivity index (χ3v) is 4.77. The van der Waals surface area contributed by atoms with E-state index in [1.165, 1.54) is 12.1 Å². The van der Waals surface area contributed by atoms with Crippen molar-refractivity contribution in [3.8, 4) is 0 Å². The predicted octanol–water partition coefficient (Wildman–Crippen LogP) is 2.11. The van der Waals surface area contributed by atoms with Gasteiger partial charge in [-0.25, -0.2) is 0 Å². The predicted molar refractivity (Wildman–Crippen MR) is 105 cm³/mol. The number of morpholine rings is 1. The van der Waals surface area contributed by atoms with Crippen LogP contribution in [0.2, 0.25) is 5.02 Å². The lowest BCUT2D eigenvalue weighted by molar-refractivity contribution is -0.139. The number of hydrogen-bond donors (Lipinski definition) is 1. The van der Waals surface area contributed by atoms with Crippen LogP contribution in [0.3, 0.4) is 0 Å². The van der Waals surface area contributed by atoms with Crippen molar-refractivity contribution in [1.29, 1.82) is 0 Å². The minimum Gasteiger partial charge on any atom is -0.378 e. The van der Waals surface area contributed by atoms with Gasteiger partial charge < -0.3 is 15.0 Å². The van der Waals surface area contributed by atoms with Crippen molar-refractivity contribution in [3.05, 3.63) is 70.7 Å². The highest BCUT2D eigenvalue weighted by atomic mass is 35.5. The highest BCUT2D eigenvalue weighted by Gasteiger charge is 2.29. The van der Waals surface area contributed by atoms with Crippen molar-refractivity contribution in [2.24, 2.45) is 0 Å². The van der Waals surface area contributed by atoms with Crippen LogP contribution in [0.4, 0.5) is 0 Å². The molecule has 3 rings (SSSR count). The van der Waals surface area contributed by atoms with Gasteiger partial charge >= 0.3 is 0 Å². The van der Waals surface area contributed by atoms with Crippen LogP contribution in [0.25, 0.3) is 0 Å². The molecule has 0 bridgehead atoms. The second-order valence-corrected chi connectivity index (χ2v) is 6.93. The lowest BCUT2D eigenvalue weighted by Crippen LogP contribution is -2.53. The number of benzene rings is 2. The van der Waals surface area contributed by atoms with Crippen molar-refractivity contribution < 1.29 is 19.1 Å². The maximum atomic E-state index is 13.0. The van der Waals surface area contributed by atoms with Crippen molar-refractivity contribution in [2.75, 3.05) is 26.3 Å². The molecule has 0 aliphatic carbocycles. The molecule has 7 heteroatoms. The normalized spacial score (nSPS) is 15.0. The van der Waals surface area contributed by atoms with Crippen LogP contribution in [-0.2, 0) is 20.7 Å². The molecule has 2 aromatic rings. The molecule has 1 heterocycles. The van der Waals surface area contributed by atoms with E-state index in [2.05, 4.69) is 5.32 Å². The van der Waals surface area contributed by atoms with Gasteiger partial charge in [0.1, 0.15) is 6.04 Å². The van der Waals surface area contributed by atoms with Gasteiger partial charge in [-0.15, -0.1) is 0 Å². The minimum atomic E-state index is -0.829. The van der Waals surface area contributed by atoms with Crippen molar-refractivity contribution in [3.63, 3.8) is 0 Å². The van der Waals surface area contributed by atoms with Crippen molar-refractivity contribution in [2.45, 2.75) is 12.5 Å². The van der Waals surface area contributed by atoms with Crippen LogP contribution < -0.4 is 5.32 Å². The summed E-state index contributed by atoms with van der Waals surface area (Å²) < 4.78 is 5.29. The topological polar surface area (TPSA) is 75.7 Å². The van der Waals surface area contributed by atoms with Crippen LogP contribution in [0.1, 0.15) is 15.9 Å². The fourth-order valence-corrected chi connectivity index (χ4v) is 3.14. The van der Waals surface area contributed by atoms with Crippen LogP contribution in [0.15, 0.2) is 54.6 Å². The van der Waals surface area contributed by atoms with E-state index in [1.54, 1.807) is 17.0 Å². The summed E-state index contributed by atoms with van der Waals surface area (Å²) in [7, 11) is 0. The number of ether oxygens (including phenoxy) is 1. The quantitative estimate of drug-likeness (QED) is 0.595. The van der Waals surface area contributed by atoms with E-state index in [4.69, 9.17) is 16.3 Å². The summed E-state index contributed by atoms with van der Waals surface area (Å²) in [5, 5.41) is 3.10. The Morgan fingerprint density at radius 3 is 2.29 bits per heavy atom. The van der Waals surface area contributed by atoms with E-state index in [-0.39, 0.29) is 11.5 Å². The molecule has 1 aliphatic rings. The number of nitrogens with zero attached hydrogens (tertiary/aromatic N) is 1. The molecule has 1 saturated heterocycles. The summed E-state index contributed by atoms with van der Waals surface area (Å²) in [5.74, 6) is -1.74. The van der Waals surface area contributed by atoms with Crippen molar-refractivity contribution in [1.82, 2.24) is 10.2 Å². The summed E-state index contributed by atoms with van der Waals surface area (Å²) in [4.78, 5) is 39.6. The number of ketones is 1. The maximum Gasteiger partial charge on any atom is 0.293 e. The molecular weight excluding hydrogens is 380 g/mol. The van der Waals surface area contributed by atoms with Gasteiger partial charge in [0, 0.05) is 30.1 Å². The minimum absolute atomic E-state index is 0.218. The number of carbonyl (C=O) groups is 3. The van der Waals surface area contributed by atoms with Gasteiger partial charge in [0.15, 0.2) is 0 Å². The van der Waals surface area contributed by atoms with Crippen LogP contribution >= 0.6 is 11.6 Å². The Morgan fingerprint density at radius 2 is 1.64 bits per heavy atom. The second kappa shape index (κ2) is 9.48. The van der Waals surface area contributed by atoms with Gasteiger partial charge in [-0.05, 0) is 29.8 Å². The largest absolute Gasteiger partial charge is 0.378 e. The number of Topliss-reactive ketones (excluding diaryl/α,β-unsaturated/α-hetero) is 1. The standard InChI is InChI=1S/C21H21ClN2O4/c22-17-8-6-16(7-9-17)19(25)20(26)23-18(14-15-4-2-1-3-5-15)21(27)24-10-12-28-13-11-24/h1-9,18H,10-14H2,(H,23,26). The Morgan fingerprint density at radius 1 is 1.00 bits per heavy atom. The average molecular weight is 401 g/mol. The number of carbonyl (C=O) groups excluding carboxylic acids is 3. The molecule has 1 aliphatic heterocycles. The van der Waals surface area contributed by atoms with E-state index in [0.717, 1.165) is 5.56 Å². The Labute approximate surface area is 168 Å². The SMILES string of the molecule is O=C(NC(Cc1ccccc1)C(=O)N1CCOCC1)C(=O)c1ccc(Cl)cc1. The lowest BCUT2D eigenvalue weighted by Gasteiger charge is -2.30. The number of halogens is 1. The molecule has 0 spiro atoms. The van der Waals surface area contributed by atoms with Crippen LogP contribution in [0.5, 0.6) is 0 Å². The average Bonchev–Trinajstić information content (AvgIpc) is 2.74. The van der Waals surface area contributed by atoms with Crippen LogP contribution in [-0.4, -0.2) is 54.8 Å². The summed E-state index contributed by atoms with van der Waals surface area (Å²) in [6, 6.07) is 14.6. The smallest absolute Gasteiger partial charge is 0.293 e. The number of nitrogens with one attached hydrogen (secondary N) is 1. The molecule has 6 nitrogen and oxygen atoms in total. The first-order chi connectivity index (χ1) is 13.5. The monoisotopic (exact) mass is 400 g/mol.